The average molecular weight is 343 g/mol. The molecule has 1 aromatic carbocycles. The van der Waals surface area contributed by atoms with Gasteiger partial charge in [0.2, 0.25) is 5.91 Å². The van der Waals surface area contributed by atoms with Crippen molar-refractivity contribution in [3.63, 3.8) is 0 Å². The fourth-order valence-corrected chi connectivity index (χ4v) is 3.72. The van der Waals surface area contributed by atoms with Gasteiger partial charge in [-0.25, -0.2) is 9.97 Å². The predicted octanol–water partition coefficient (Wildman–Crippen LogP) is 4.35. The number of pyridine rings is 1. The number of fused-ring (bicyclic) bond motifs is 1. The van der Waals surface area contributed by atoms with Gasteiger partial charge in [0.25, 0.3) is 0 Å². The maximum absolute atomic E-state index is 12.0. The number of anilines is 1. The van der Waals surface area contributed by atoms with E-state index in [-0.39, 0.29) is 5.91 Å². The van der Waals surface area contributed by atoms with Crippen LogP contribution in [0.4, 0.5) is 5.13 Å². The zero-order valence-electron chi connectivity index (χ0n) is 13.2. The summed E-state index contributed by atoms with van der Waals surface area (Å²) in [4.78, 5) is 20.9. The summed E-state index contributed by atoms with van der Waals surface area (Å²) in [5.41, 5.74) is 4.18. The summed E-state index contributed by atoms with van der Waals surface area (Å²) >= 11 is 2.89. The summed E-state index contributed by atoms with van der Waals surface area (Å²) in [5.74, 6) is 0.263. The van der Waals surface area contributed by atoms with Crippen LogP contribution in [-0.2, 0) is 4.79 Å². The monoisotopic (exact) mass is 343 g/mol. The van der Waals surface area contributed by atoms with Gasteiger partial charge in [0.1, 0.15) is 5.03 Å². The van der Waals surface area contributed by atoms with E-state index in [1.54, 1.807) is 0 Å². The smallest absolute Gasteiger partial charge is 0.236 e. The lowest BCUT2D eigenvalue weighted by atomic mass is 10.1. The molecule has 3 rings (SSSR count). The topological polar surface area (TPSA) is 54.9 Å². The first-order chi connectivity index (χ1) is 11.0. The Morgan fingerprint density at radius 3 is 2.78 bits per heavy atom. The highest BCUT2D eigenvalue weighted by atomic mass is 32.2. The number of nitrogens with zero attached hydrogens (tertiary/aromatic N) is 2. The maximum Gasteiger partial charge on any atom is 0.236 e. The molecule has 0 bridgehead atoms. The minimum Gasteiger partial charge on any atom is -0.301 e. The van der Waals surface area contributed by atoms with E-state index >= 15 is 0 Å². The number of thioether (sulfide) groups is 1. The predicted molar refractivity (Wildman–Crippen MR) is 97.4 cm³/mol. The molecule has 0 saturated heterocycles. The van der Waals surface area contributed by atoms with E-state index in [2.05, 4.69) is 40.4 Å². The molecular weight excluding hydrogens is 326 g/mol. The molecule has 0 atom stereocenters. The molecule has 1 amide bonds. The van der Waals surface area contributed by atoms with Gasteiger partial charge in [-0.2, -0.15) is 0 Å². The Morgan fingerprint density at radius 1 is 1.22 bits per heavy atom. The SMILES string of the molecule is Cc1ccc2nc(SCC(=O)Nc3nc(C)cs3)c(C)cc2c1. The van der Waals surface area contributed by atoms with E-state index in [4.69, 9.17) is 0 Å². The van der Waals surface area contributed by atoms with Crippen LogP contribution >= 0.6 is 23.1 Å². The minimum atomic E-state index is -0.0606. The largest absolute Gasteiger partial charge is 0.301 e. The third-order valence-electron chi connectivity index (χ3n) is 3.32. The van der Waals surface area contributed by atoms with Gasteiger partial charge >= 0.3 is 0 Å². The number of thiazole rings is 1. The molecular formula is C17H17N3OS2. The molecule has 1 N–H and O–H groups in total. The van der Waals surface area contributed by atoms with Crippen LogP contribution < -0.4 is 5.32 Å². The van der Waals surface area contributed by atoms with E-state index in [0.29, 0.717) is 10.9 Å². The Morgan fingerprint density at radius 2 is 2.04 bits per heavy atom. The van der Waals surface area contributed by atoms with Gasteiger partial charge in [-0.05, 0) is 44.5 Å². The number of aryl methyl sites for hydroxylation is 3. The number of hydrogen-bond donors (Lipinski definition) is 1. The number of carbonyl (C=O) groups is 1. The quantitative estimate of drug-likeness (QED) is 0.716. The average Bonchev–Trinajstić information content (AvgIpc) is 2.90. The summed E-state index contributed by atoms with van der Waals surface area (Å²) in [5, 5.41) is 7.41. The summed E-state index contributed by atoms with van der Waals surface area (Å²) in [6.07, 6.45) is 0. The van der Waals surface area contributed by atoms with Crippen LogP contribution in [0.3, 0.4) is 0 Å². The van der Waals surface area contributed by atoms with Crippen LogP contribution in [0.25, 0.3) is 10.9 Å². The molecule has 0 radical (unpaired) electrons. The van der Waals surface area contributed by atoms with Gasteiger partial charge in [-0.15, -0.1) is 11.3 Å². The number of amides is 1. The van der Waals surface area contributed by atoms with Crippen molar-refractivity contribution < 1.29 is 4.79 Å². The molecule has 0 aliphatic carbocycles. The molecule has 6 heteroatoms. The van der Waals surface area contributed by atoms with Crippen LogP contribution in [-0.4, -0.2) is 21.6 Å². The zero-order chi connectivity index (χ0) is 16.4. The first-order valence-corrected chi connectivity index (χ1v) is 9.10. The van der Waals surface area contributed by atoms with Crippen molar-refractivity contribution in [1.29, 1.82) is 0 Å². The maximum atomic E-state index is 12.0. The zero-order valence-corrected chi connectivity index (χ0v) is 14.8. The van der Waals surface area contributed by atoms with Crippen molar-refractivity contribution in [3.8, 4) is 0 Å². The van der Waals surface area contributed by atoms with Gasteiger partial charge in [0.15, 0.2) is 5.13 Å². The van der Waals surface area contributed by atoms with Gasteiger partial charge in [0.05, 0.1) is 17.0 Å². The highest BCUT2D eigenvalue weighted by molar-refractivity contribution is 8.00. The van der Waals surface area contributed by atoms with Crippen LogP contribution in [0.5, 0.6) is 0 Å². The van der Waals surface area contributed by atoms with Crippen LogP contribution in [0.2, 0.25) is 0 Å². The second kappa shape index (κ2) is 6.68. The molecule has 2 heterocycles. The lowest BCUT2D eigenvalue weighted by Gasteiger charge is -2.07. The Labute approximate surface area is 143 Å². The van der Waals surface area contributed by atoms with Crippen molar-refractivity contribution in [2.24, 2.45) is 0 Å². The number of hydrogen-bond acceptors (Lipinski definition) is 5. The van der Waals surface area contributed by atoms with Gasteiger partial charge < -0.3 is 5.32 Å². The minimum absolute atomic E-state index is 0.0606. The fraction of sp³-hybridized carbons (Fsp3) is 0.235. The third-order valence-corrected chi connectivity index (χ3v) is 5.29. The van der Waals surface area contributed by atoms with E-state index < -0.39 is 0 Å². The number of benzene rings is 1. The van der Waals surface area contributed by atoms with Crippen molar-refractivity contribution in [1.82, 2.24) is 9.97 Å². The molecule has 0 unspecified atom stereocenters. The summed E-state index contributed by atoms with van der Waals surface area (Å²) in [7, 11) is 0. The standard InChI is InChI=1S/C17H17N3OS2/c1-10-4-5-14-13(6-10)7-11(2)16(19-14)22-9-15(21)20-17-18-12(3)8-23-17/h4-8H,9H2,1-3H3,(H,18,20,21). The lowest BCUT2D eigenvalue weighted by Crippen LogP contribution is -2.14. The number of aromatic nitrogens is 2. The Bertz CT molecular complexity index is 873. The van der Waals surface area contributed by atoms with Crippen LogP contribution in [0.1, 0.15) is 16.8 Å². The lowest BCUT2D eigenvalue weighted by molar-refractivity contribution is -0.113. The first kappa shape index (κ1) is 16.0. The highest BCUT2D eigenvalue weighted by Gasteiger charge is 2.09. The molecule has 118 valence electrons. The van der Waals surface area contributed by atoms with E-state index in [1.807, 2.05) is 25.3 Å². The van der Waals surface area contributed by atoms with E-state index in [0.717, 1.165) is 27.2 Å². The third kappa shape index (κ3) is 3.89. The van der Waals surface area contributed by atoms with E-state index in [9.17, 15) is 4.79 Å². The second-order valence-electron chi connectivity index (χ2n) is 5.44. The molecule has 4 nitrogen and oxygen atoms in total. The van der Waals surface area contributed by atoms with Gasteiger partial charge in [-0.1, -0.05) is 23.4 Å². The highest BCUT2D eigenvalue weighted by Crippen LogP contribution is 2.25. The number of rotatable bonds is 4. The molecule has 23 heavy (non-hydrogen) atoms. The van der Waals surface area contributed by atoms with Crippen molar-refractivity contribution >= 4 is 45.0 Å². The molecule has 0 aliphatic heterocycles. The molecule has 0 aliphatic rings. The molecule has 0 fully saturated rings. The normalized spacial score (nSPS) is 10.9. The Hall–Kier alpha value is -1.92. The van der Waals surface area contributed by atoms with Crippen molar-refractivity contribution in [3.05, 3.63) is 46.5 Å². The van der Waals surface area contributed by atoms with Gasteiger partial charge in [-0.3, -0.25) is 4.79 Å². The Kier molecular flexibility index (Phi) is 4.63. The van der Waals surface area contributed by atoms with Crippen molar-refractivity contribution in [2.75, 3.05) is 11.1 Å². The molecule has 0 spiro atoms. The summed E-state index contributed by atoms with van der Waals surface area (Å²) in [6, 6.07) is 8.32. The Balaban J connectivity index is 1.70. The number of carbonyl (C=O) groups excluding carboxylic acids is 1. The van der Waals surface area contributed by atoms with Gasteiger partial charge in [0, 0.05) is 10.8 Å². The number of nitrogens with one attached hydrogen (secondary N) is 1. The summed E-state index contributed by atoms with van der Waals surface area (Å²) < 4.78 is 0. The van der Waals surface area contributed by atoms with Crippen molar-refractivity contribution in [2.45, 2.75) is 25.8 Å². The van der Waals surface area contributed by atoms with Crippen LogP contribution in [0, 0.1) is 20.8 Å². The molecule has 0 saturated carbocycles. The van der Waals surface area contributed by atoms with E-state index in [1.165, 1.54) is 28.7 Å². The fourth-order valence-electron chi connectivity index (χ4n) is 2.23. The second-order valence-corrected chi connectivity index (χ2v) is 7.26. The van der Waals surface area contributed by atoms with Crippen LogP contribution in [0.15, 0.2) is 34.7 Å². The molecule has 3 aromatic rings. The first-order valence-electron chi connectivity index (χ1n) is 7.24. The summed E-state index contributed by atoms with van der Waals surface area (Å²) in [6.45, 7) is 6.01. The molecule has 2 aromatic heterocycles.